The second kappa shape index (κ2) is 7.34. The van der Waals surface area contributed by atoms with E-state index in [1.165, 1.54) is 6.42 Å². The minimum absolute atomic E-state index is 0.0238. The van der Waals surface area contributed by atoms with Gasteiger partial charge in [0, 0.05) is 4.90 Å². The Hall–Kier alpha value is -1.28. The van der Waals surface area contributed by atoms with Gasteiger partial charge in [0.1, 0.15) is 0 Å². The average Bonchev–Trinajstić information content (AvgIpc) is 2.48. The van der Waals surface area contributed by atoms with Crippen LogP contribution in [0.4, 0.5) is 0 Å². The van der Waals surface area contributed by atoms with Gasteiger partial charge in [0.2, 0.25) is 0 Å². The zero-order valence-corrected chi connectivity index (χ0v) is 12.0. The van der Waals surface area contributed by atoms with E-state index >= 15 is 0 Å². The zero-order valence-electron chi connectivity index (χ0n) is 11.2. The summed E-state index contributed by atoms with van der Waals surface area (Å²) in [5, 5.41) is -0.0238. The van der Waals surface area contributed by atoms with Gasteiger partial charge in [0.05, 0.1) is 5.25 Å². The molecule has 1 aromatic carbocycles. The van der Waals surface area contributed by atoms with Crippen molar-refractivity contribution >= 4 is 17.5 Å². The van der Waals surface area contributed by atoms with E-state index in [0.29, 0.717) is 5.78 Å². The van der Waals surface area contributed by atoms with E-state index in [4.69, 9.17) is 0 Å². The first-order valence-electron chi connectivity index (χ1n) is 6.87. The molecule has 1 aliphatic carbocycles. The van der Waals surface area contributed by atoms with Crippen LogP contribution >= 0.6 is 11.8 Å². The highest BCUT2D eigenvalue weighted by atomic mass is 32.2. The molecule has 0 spiro atoms. The molecule has 0 saturated carbocycles. The lowest BCUT2D eigenvalue weighted by Gasteiger charge is -2.18. The third-order valence-electron chi connectivity index (χ3n) is 3.30. The SMILES string of the molecule is C=CCC(Sc1ccccc1)C(=O)C1=CCCCC1. The van der Waals surface area contributed by atoms with Crippen molar-refractivity contribution < 1.29 is 4.79 Å². The van der Waals surface area contributed by atoms with Gasteiger partial charge in [-0.2, -0.15) is 0 Å². The molecule has 0 N–H and O–H groups in total. The molecule has 0 fully saturated rings. The molecule has 0 bridgehead atoms. The molecule has 0 aromatic heterocycles. The maximum atomic E-state index is 12.6. The van der Waals surface area contributed by atoms with Crippen LogP contribution in [0.25, 0.3) is 0 Å². The van der Waals surface area contributed by atoms with Gasteiger partial charge in [-0.15, -0.1) is 18.3 Å². The van der Waals surface area contributed by atoms with Crippen LogP contribution in [0.2, 0.25) is 0 Å². The van der Waals surface area contributed by atoms with Gasteiger partial charge in [0.15, 0.2) is 5.78 Å². The third-order valence-corrected chi connectivity index (χ3v) is 4.54. The Kier molecular flexibility index (Phi) is 5.46. The van der Waals surface area contributed by atoms with Crippen molar-refractivity contribution in [3.63, 3.8) is 0 Å². The molecular weight excluding hydrogens is 252 g/mol. The number of Topliss-reactive ketones (excluding diaryl/α,β-unsaturated/α-hetero) is 1. The standard InChI is InChI=1S/C17H20OS/c1-2-9-16(19-15-12-7-4-8-13-15)17(18)14-10-5-3-6-11-14/h2,4,7-8,10,12-13,16H,1,3,5-6,9,11H2. The van der Waals surface area contributed by atoms with Crippen molar-refractivity contribution in [1.82, 2.24) is 0 Å². The van der Waals surface area contributed by atoms with Crippen molar-refractivity contribution in [2.45, 2.75) is 42.2 Å². The molecule has 1 aromatic rings. The summed E-state index contributed by atoms with van der Waals surface area (Å²) in [4.78, 5) is 13.7. The number of carbonyl (C=O) groups is 1. The van der Waals surface area contributed by atoms with Crippen molar-refractivity contribution in [2.24, 2.45) is 0 Å². The number of thioether (sulfide) groups is 1. The van der Waals surface area contributed by atoms with Gasteiger partial charge in [-0.3, -0.25) is 4.79 Å². The first-order valence-corrected chi connectivity index (χ1v) is 7.75. The molecule has 100 valence electrons. The van der Waals surface area contributed by atoms with Gasteiger partial charge in [0.25, 0.3) is 0 Å². The number of ketones is 1. The second-order valence-electron chi connectivity index (χ2n) is 4.78. The Morgan fingerprint density at radius 3 is 2.74 bits per heavy atom. The van der Waals surface area contributed by atoms with Crippen LogP contribution in [0.1, 0.15) is 32.1 Å². The number of hydrogen-bond acceptors (Lipinski definition) is 2. The molecule has 2 rings (SSSR count). The van der Waals surface area contributed by atoms with Crippen LogP contribution in [0.15, 0.2) is 59.5 Å². The molecule has 0 radical (unpaired) electrons. The van der Waals surface area contributed by atoms with Crippen LogP contribution in [0.3, 0.4) is 0 Å². The Balaban J connectivity index is 2.08. The van der Waals surface area contributed by atoms with Crippen LogP contribution in [-0.4, -0.2) is 11.0 Å². The molecule has 1 aliphatic rings. The normalized spacial score (nSPS) is 16.5. The lowest BCUT2D eigenvalue weighted by Crippen LogP contribution is -2.19. The van der Waals surface area contributed by atoms with E-state index in [1.54, 1.807) is 11.8 Å². The third kappa shape index (κ3) is 4.10. The first-order chi connectivity index (χ1) is 9.31. The summed E-state index contributed by atoms with van der Waals surface area (Å²) in [6.45, 7) is 3.78. The van der Waals surface area contributed by atoms with Crippen LogP contribution in [-0.2, 0) is 4.79 Å². The fourth-order valence-electron chi connectivity index (χ4n) is 2.29. The van der Waals surface area contributed by atoms with E-state index < -0.39 is 0 Å². The van der Waals surface area contributed by atoms with Crippen molar-refractivity contribution in [3.05, 3.63) is 54.6 Å². The molecule has 0 saturated heterocycles. The zero-order chi connectivity index (χ0) is 13.5. The summed E-state index contributed by atoms with van der Waals surface area (Å²) in [5.41, 5.74) is 1.03. The van der Waals surface area contributed by atoms with Crippen molar-refractivity contribution in [2.75, 3.05) is 0 Å². The van der Waals surface area contributed by atoms with Crippen LogP contribution in [0.5, 0.6) is 0 Å². The molecule has 0 aliphatic heterocycles. The molecule has 19 heavy (non-hydrogen) atoms. The molecule has 1 nitrogen and oxygen atoms in total. The summed E-state index contributed by atoms with van der Waals surface area (Å²) in [7, 11) is 0. The van der Waals surface area contributed by atoms with Gasteiger partial charge in [-0.1, -0.05) is 30.4 Å². The van der Waals surface area contributed by atoms with Crippen LogP contribution in [0, 0.1) is 0 Å². The fourth-order valence-corrected chi connectivity index (χ4v) is 3.43. The highest BCUT2D eigenvalue weighted by Crippen LogP contribution is 2.30. The van der Waals surface area contributed by atoms with E-state index in [1.807, 2.05) is 24.3 Å². The highest BCUT2D eigenvalue weighted by molar-refractivity contribution is 8.00. The van der Waals surface area contributed by atoms with Gasteiger partial charge >= 0.3 is 0 Å². The van der Waals surface area contributed by atoms with Crippen molar-refractivity contribution in [3.8, 4) is 0 Å². The van der Waals surface area contributed by atoms with E-state index in [-0.39, 0.29) is 5.25 Å². The van der Waals surface area contributed by atoms with Gasteiger partial charge in [-0.05, 0) is 49.8 Å². The number of allylic oxidation sites excluding steroid dienone is 3. The predicted octanol–water partition coefficient (Wildman–Crippen LogP) is 4.79. The topological polar surface area (TPSA) is 17.1 Å². The summed E-state index contributed by atoms with van der Waals surface area (Å²) in [5.74, 6) is 0.299. The molecule has 1 unspecified atom stereocenters. The molecule has 0 amide bonds. The van der Waals surface area contributed by atoms with Crippen LogP contribution < -0.4 is 0 Å². The summed E-state index contributed by atoms with van der Waals surface area (Å²) >= 11 is 1.65. The smallest absolute Gasteiger partial charge is 0.172 e. The highest BCUT2D eigenvalue weighted by Gasteiger charge is 2.22. The Bertz CT molecular complexity index is 461. The molecule has 1 atom stereocenters. The Labute approximate surface area is 119 Å². The number of hydrogen-bond donors (Lipinski definition) is 0. The van der Waals surface area contributed by atoms with Gasteiger partial charge < -0.3 is 0 Å². The molecular formula is C17H20OS. The lowest BCUT2D eigenvalue weighted by molar-refractivity contribution is -0.115. The van der Waals surface area contributed by atoms with Gasteiger partial charge in [-0.25, -0.2) is 0 Å². The average molecular weight is 272 g/mol. The van der Waals surface area contributed by atoms with Crippen molar-refractivity contribution in [1.29, 1.82) is 0 Å². The maximum Gasteiger partial charge on any atom is 0.172 e. The number of rotatable bonds is 6. The monoisotopic (exact) mass is 272 g/mol. The maximum absolute atomic E-state index is 12.6. The molecule has 2 heteroatoms. The summed E-state index contributed by atoms with van der Waals surface area (Å²) in [6, 6.07) is 10.1. The Morgan fingerprint density at radius 2 is 2.11 bits per heavy atom. The number of benzene rings is 1. The second-order valence-corrected chi connectivity index (χ2v) is 6.06. The lowest BCUT2D eigenvalue weighted by atomic mass is 9.94. The predicted molar refractivity (Wildman–Crippen MR) is 82.5 cm³/mol. The van der Waals surface area contributed by atoms with E-state index in [0.717, 1.165) is 36.2 Å². The largest absolute Gasteiger partial charge is 0.293 e. The fraction of sp³-hybridized carbons (Fsp3) is 0.353. The molecule has 0 heterocycles. The van der Waals surface area contributed by atoms with E-state index in [2.05, 4.69) is 24.8 Å². The minimum Gasteiger partial charge on any atom is -0.293 e. The summed E-state index contributed by atoms with van der Waals surface area (Å²) < 4.78 is 0. The quantitative estimate of drug-likeness (QED) is 0.547. The minimum atomic E-state index is -0.0238. The Morgan fingerprint density at radius 1 is 1.32 bits per heavy atom. The first kappa shape index (κ1) is 14.1. The summed E-state index contributed by atoms with van der Waals surface area (Å²) in [6.07, 6.45) is 9.08. The van der Waals surface area contributed by atoms with E-state index in [9.17, 15) is 4.79 Å². The number of carbonyl (C=O) groups excluding carboxylic acids is 1.